The highest BCUT2D eigenvalue weighted by Crippen LogP contribution is 2.58. The Morgan fingerprint density at radius 1 is 1.09 bits per heavy atom. The maximum absolute atomic E-state index is 13.5. The second-order valence-electron chi connectivity index (χ2n) is 7.86. The second-order valence-corrected chi connectivity index (χ2v) is 8.98. The van der Waals surface area contributed by atoms with Gasteiger partial charge in [-0.05, 0) is 86.5 Å². The van der Waals surface area contributed by atoms with E-state index in [1.807, 2.05) is 17.4 Å². The molecule has 122 valence electrons. The summed E-state index contributed by atoms with van der Waals surface area (Å²) in [6, 6.07) is 7.63. The van der Waals surface area contributed by atoms with Crippen LogP contribution in [0.5, 0.6) is 0 Å². The van der Waals surface area contributed by atoms with E-state index in [-0.39, 0.29) is 5.82 Å². The van der Waals surface area contributed by atoms with Gasteiger partial charge in [-0.25, -0.2) is 4.39 Å². The van der Waals surface area contributed by atoms with E-state index in [0.717, 1.165) is 28.4 Å². The summed E-state index contributed by atoms with van der Waals surface area (Å²) in [5.41, 5.74) is 0. The molecule has 1 aliphatic heterocycles. The largest absolute Gasteiger partial charge is 0.303 e. The molecule has 23 heavy (non-hydrogen) atoms. The Hall–Kier alpha value is -0.930. The van der Waals surface area contributed by atoms with Crippen LogP contribution in [0.1, 0.15) is 42.9 Å². The summed E-state index contributed by atoms with van der Waals surface area (Å²) < 4.78 is 14.6. The first-order valence-corrected chi connectivity index (χ1v) is 10.0. The number of likely N-dealkylation sites (tertiary alicyclic amines) is 1. The molecule has 2 aromatic rings. The third kappa shape index (κ3) is 2.44. The Morgan fingerprint density at radius 3 is 2.78 bits per heavy atom. The minimum absolute atomic E-state index is 0.104. The molecule has 0 unspecified atom stereocenters. The summed E-state index contributed by atoms with van der Waals surface area (Å²) in [5.74, 6) is 3.28. The van der Waals surface area contributed by atoms with Gasteiger partial charge >= 0.3 is 0 Å². The predicted molar refractivity (Wildman–Crippen MR) is 94.5 cm³/mol. The van der Waals surface area contributed by atoms with Crippen molar-refractivity contribution in [1.29, 1.82) is 0 Å². The molecule has 2 heterocycles. The van der Waals surface area contributed by atoms with E-state index in [4.69, 9.17) is 0 Å². The minimum atomic E-state index is -0.104. The molecule has 1 saturated heterocycles. The standard InChI is InChI=1S/C20H24FNS/c21-16-6-5-14-10-19(23-18(14)11-16)20-15-4-3-13(9-15)17(20)12-22-7-1-2-8-22/h5-6,10-11,13,15,17,20H,1-4,7-9,12H2/t13-,15+,17-,20-/m0/s1. The highest BCUT2D eigenvalue weighted by atomic mass is 32.1. The molecule has 0 spiro atoms. The molecular formula is C20H24FNS. The topological polar surface area (TPSA) is 3.24 Å². The number of fused-ring (bicyclic) bond motifs is 3. The normalized spacial score (nSPS) is 34.0. The van der Waals surface area contributed by atoms with Crippen LogP contribution in [0.25, 0.3) is 10.1 Å². The van der Waals surface area contributed by atoms with Gasteiger partial charge in [0.1, 0.15) is 5.82 Å². The van der Waals surface area contributed by atoms with Gasteiger partial charge in [-0.2, -0.15) is 0 Å². The van der Waals surface area contributed by atoms with Crippen LogP contribution in [0.3, 0.4) is 0 Å². The molecule has 4 atom stereocenters. The number of hydrogen-bond donors (Lipinski definition) is 0. The van der Waals surface area contributed by atoms with Crippen LogP contribution in [0.15, 0.2) is 24.3 Å². The predicted octanol–water partition coefficient (Wildman–Crippen LogP) is 5.27. The average Bonchev–Trinajstić information content (AvgIpc) is 3.30. The van der Waals surface area contributed by atoms with Crippen LogP contribution < -0.4 is 0 Å². The number of hydrogen-bond acceptors (Lipinski definition) is 2. The van der Waals surface area contributed by atoms with Crippen molar-refractivity contribution in [2.24, 2.45) is 17.8 Å². The summed E-state index contributed by atoms with van der Waals surface area (Å²) >= 11 is 1.85. The monoisotopic (exact) mass is 329 g/mol. The molecule has 5 rings (SSSR count). The van der Waals surface area contributed by atoms with Crippen molar-refractivity contribution in [3.05, 3.63) is 35.0 Å². The van der Waals surface area contributed by atoms with Crippen molar-refractivity contribution < 1.29 is 4.39 Å². The fourth-order valence-corrected chi connectivity index (χ4v) is 6.93. The van der Waals surface area contributed by atoms with Crippen LogP contribution in [0, 0.1) is 23.6 Å². The van der Waals surface area contributed by atoms with Gasteiger partial charge in [-0.3, -0.25) is 0 Å². The Bertz CT molecular complexity index is 718. The van der Waals surface area contributed by atoms with Crippen molar-refractivity contribution in [3.63, 3.8) is 0 Å². The Balaban J connectivity index is 1.47. The molecule has 1 aromatic heterocycles. The zero-order valence-electron chi connectivity index (χ0n) is 13.5. The summed E-state index contributed by atoms with van der Waals surface area (Å²) in [6.07, 6.45) is 7.06. The van der Waals surface area contributed by atoms with Gasteiger partial charge in [-0.1, -0.05) is 6.07 Å². The van der Waals surface area contributed by atoms with E-state index in [9.17, 15) is 4.39 Å². The van der Waals surface area contributed by atoms with Gasteiger partial charge in [0.25, 0.3) is 0 Å². The van der Waals surface area contributed by atoms with Crippen LogP contribution in [-0.2, 0) is 0 Å². The Kier molecular flexibility index (Phi) is 3.48. The lowest BCUT2D eigenvalue weighted by molar-refractivity contribution is 0.199. The van der Waals surface area contributed by atoms with E-state index in [1.54, 1.807) is 12.1 Å². The van der Waals surface area contributed by atoms with E-state index in [1.165, 1.54) is 62.0 Å². The molecule has 0 radical (unpaired) electrons. The maximum Gasteiger partial charge on any atom is 0.124 e. The lowest BCUT2D eigenvalue weighted by Gasteiger charge is -2.33. The van der Waals surface area contributed by atoms with Crippen LogP contribution in [-0.4, -0.2) is 24.5 Å². The number of thiophene rings is 1. The first kappa shape index (κ1) is 14.4. The first-order valence-electron chi connectivity index (χ1n) is 9.19. The number of rotatable bonds is 3. The summed E-state index contributed by atoms with van der Waals surface area (Å²) in [4.78, 5) is 4.23. The zero-order valence-corrected chi connectivity index (χ0v) is 14.3. The van der Waals surface area contributed by atoms with Gasteiger partial charge < -0.3 is 4.90 Å². The SMILES string of the molecule is Fc1ccc2cc([C@H]3[C@@H]4CC[C@@H](C4)[C@@H]3CN3CCCC3)sc2c1. The van der Waals surface area contributed by atoms with Gasteiger partial charge in [-0.15, -0.1) is 11.3 Å². The zero-order chi connectivity index (χ0) is 15.4. The molecule has 0 N–H and O–H groups in total. The van der Waals surface area contributed by atoms with Crippen molar-refractivity contribution in [3.8, 4) is 0 Å². The van der Waals surface area contributed by atoms with E-state index in [2.05, 4.69) is 11.0 Å². The van der Waals surface area contributed by atoms with Crippen molar-refractivity contribution in [2.45, 2.75) is 38.0 Å². The first-order chi connectivity index (χ1) is 11.3. The lowest BCUT2D eigenvalue weighted by atomic mass is 9.78. The van der Waals surface area contributed by atoms with E-state index < -0.39 is 0 Å². The van der Waals surface area contributed by atoms with Gasteiger partial charge in [0.05, 0.1) is 0 Å². The number of nitrogens with zero attached hydrogens (tertiary/aromatic N) is 1. The fraction of sp³-hybridized carbons (Fsp3) is 0.600. The third-order valence-corrected chi connectivity index (χ3v) is 7.78. The molecule has 2 bridgehead atoms. The highest BCUT2D eigenvalue weighted by molar-refractivity contribution is 7.19. The van der Waals surface area contributed by atoms with E-state index >= 15 is 0 Å². The van der Waals surface area contributed by atoms with Crippen LogP contribution in [0.4, 0.5) is 4.39 Å². The van der Waals surface area contributed by atoms with Crippen LogP contribution in [0.2, 0.25) is 0 Å². The second kappa shape index (κ2) is 5.56. The number of benzene rings is 1. The molecule has 0 amide bonds. The van der Waals surface area contributed by atoms with Crippen LogP contribution >= 0.6 is 11.3 Å². The smallest absolute Gasteiger partial charge is 0.124 e. The van der Waals surface area contributed by atoms with E-state index in [0.29, 0.717) is 0 Å². The van der Waals surface area contributed by atoms with Crippen molar-refractivity contribution in [1.82, 2.24) is 4.90 Å². The maximum atomic E-state index is 13.5. The summed E-state index contributed by atoms with van der Waals surface area (Å²) in [5, 5.41) is 1.23. The summed E-state index contributed by atoms with van der Waals surface area (Å²) in [6.45, 7) is 3.91. The Morgan fingerprint density at radius 2 is 1.91 bits per heavy atom. The average molecular weight is 329 g/mol. The van der Waals surface area contributed by atoms with Crippen molar-refractivity contribution in [2.75, 3.05) is 19.6 Å². The molecular weight excluding hydrogens is 305 g/mol. The minimum Gasteiger partial charge on any atom is -0.303 e. The molecule has 3 aliphatic rings. The lowest BCUT2D eigenvalue weighted by Crippen LogP contribution is -2.33. The molecule has 3 heteroatoms. The fourth-order valence-electron chi connectivity index (χ4n) is 5.57. The quantitative estimate of drug-likeness (QED) is 0.742. The summed E-state index contributed by atoms with van der Waals surface area (Å²) in [7, 11) is 0. The number of halogens is 1. The molecule has 3 fully saturated rings. The highest BCUT2D eigenvalue weighted by Gasteiger charge is 2.48. The molecule has 2 saturated carbocycles. The molecule has 1 nitrogen and oxygen atoms in total. The molecule has 1 aromatic carbocycles. The van der Waals surface area contributed by atoms with Gasteiger partial charge in [0.2, 0.25) is 0 Å². The van der Waals surface area contributed by atoms with Gasteiger partial charge in [0, 0.05) is 22.0 Å². The Labute approximate surface area is 141 Å². The van der Waals surface area contributed by atoms with Gasteiger partial charge in [0.15, 0.2) is 0 Å². The molecule has 2 aliphatic carbocycles. The third-order valence-electron chi connectivity index (χ3n) is 6.59. The van der Waals surface area contributed by atoms with Crippen molar-refractivity contribution >= 4 is 21.4 Å².